The number of ether oxygens (including phenoxy) is 1. The van der Waals surface area contributed by atoms with Crippen LogP contribution in [0.15, 0.2) is 0 Å². The third-order valence-corrected chi connectivity index (χ3v) is 2.88. The molecule has 1 fully saturated rings. The third-order valence-electron chi connectivity index (χ3n) is 2.88. The van der Waals surface area contributed by atoms with Crippen molar-refractivity contribution in [3.63, 3.8) is 0 Å². The van der Waals surface area contributed by atoms with E-state index in [0.29, 0.717) is 0 Å². The molecule has 0 unspecified atom stereocenters. The predicted molar refractivity (Wildman–Crippen MR) is 55.3 cm³/mol. The molecule has 100 valence electrons. The summed E-state index contributed by atoms with van der Waals surface area (Å²) in [5.74, 6) is -0.349. The molecule has 1 saturated heterocycles. The SMILES string of the molecule is CCO[C@]1(C(F)(F)F)CCN(C(=O)CCN)C1. The summed E-state index contributed by atoms with van der Waals surface area (Å²) in [6.45, 7) is 1.26. The molecule has 17 heavy (non-hydrogen) atoms. The van der Waals surface area contributed by atoms with Crippen LogP contribution < -0.4 is 5.73 Å². The molecule has 0 spiro atoms. The highest BCUT2D eigenvalue weighted by Gasteiger charge is 2.59. The number of halogens is 3. The Labute approximate surface area is 97.9 Å². The summed E-state index contributed by atoms with van der Waals surface area (Å²) in [4.78, 5) is 12.7. The zero-order chi connectivity index (χ0) is 13.1. The standard InChI is InChI=1S/C10H17F3N2O2/c1-2-17-9(10(11,12)13)4-6-15(7-9)8(16)3-5-14/h2-7,14H2,1H3/t9-/m1/s1. The molecule has 0 aromatic rings. The van der Waals surface area contributed by atoms with Gasteiger partial charge in [0.15, 0.2) is 5.60 Å². The van der Waals surface area contributed by atoms with Crippen LogP contribution in [0.5, 0.6) is 0 Å². The molecule has 1 aliphatic rings. The van der Waals surface area contributed by atoms with E-state index in [1.54, 1.807) is 0 Å². The molecule has 2 N–H and O–H groups in total. The number of likely N-dealkylation sites (tertiary alicyclic amines) is 1. The number of carbonyl (C=O) groups excluding carboxylic acids is 1. The van der Waals surface area contributed by atoms with Crippen molar-refractivity contribution in [2.75, 3.05) is 26.2 Å². The smallest absolute Gasteiger partial charge is 0.364 e. The third kappa shape index (κ3) is 2.90. The minimum atomic E-state index is -4.46. The maximum Gasteiger partial charge on any atom is 0.419 e. The van der Waals surface area contributed by atoms with Crippen molar-refractivity contribution < 1.29 is 22.7 Å². The van der Waals surface area contributed by atoms with Crippen LogP contribution in [0.25, 0.3) is 0 Å². The van der Waals surface area contributed by atoms with Crippen molar-refractivity contribution in [2.24, 2.45) is 5.73 Å². The van der Waals surface area contributed by atoms with Crippen LogP contribution in [-0.2, 0) is 9.53 Å². The number of amides is 1. The monoisotopic (exact) mass is 254 g/mol. The first-order chi connectivity index (χ1) is 7.86. The van der Waals surface area contributed by atoms with Gasteiger partial charge in [0.05, 0.1) is 6.54 Å². The van der Waals surface area contributed by atoms with Gasteiger partial charge in [-0.2, -0.15) is 13.2 Å². The maximum atomic E-state index is 12.9. The van der Waals surface area contributed by atoms with Crippen LogP contribution in [-0.4, -0.2) is 48.8 Å². The lowest BCUT2D eigenvalue weighted by molar-refractivity contribution is -0.270. The lowest BCUT2D eigenvalue weighted by atomic mass is 10.0. The number of alkyl halides is 3. The Kier molecular flexibility index (Phi) is 4.37. The summed E-state index contributed by atoms with van der Waals surface area (Å²) in [5, 5.41) is 0. The Morgan fingerprint density at radius 1 is 1.53 bits per heavy atom. The van der Waals surface area contributed by atoms with E-state index in [1.165, 1.54) is 11.8 Å². The van der Waals surface area contributed by atoms with Crippen LogP contribution in [0, 0.1) is 0 Å². The second-order valence-electron chi connectivity index (χ2n) is 4.03. The van der Waals surface area contributed by atoms with Gasteiger partial charge in [-0.05, 0) is 6.92 Å². The van der Waals surface area contributed by atoms with Crippen molar-refractivity contribution >= 4 is 5.91 Å². The van der Waals surface area contributed by atoms with E-state index in [2.05, 4.69) is 0 Å². The second kappa shape index (κ2) is 5.22. The van der Waals surface area contributed by atoms with Gasteiger partial charge in [0.1, 0.15) is 0 Å². The highest BCUT2D eigenvalue weighted by Crippen LogP contribution is 2.40. The molecular formula is C10H17F3N2O2. The van der Waals surface area contributed by atoms with E-state index in [9.17, 15) is 18.0 Å². The fraction of sp³-hybridized carbons (Fsp3) is 0.900. The molecule has 4 nitrogen and oxygen atoms in total. The largest absolute Gasteiger partial charge is 0.419 e. The van der Waals surface area contributed by atoms with Crippen molar-refractivity contribution in [3.8, 4) is 0 Å². The number of nitrogens with zero attached hydrogens (tertiary/aromatic N) is 1. The van der Waals surface area contributed by atoms with Crippen LogP contribution in [0.4, 0.5) is 13.2 Å². The molecular weight excluding hydrogens is 237 g/mol. The summed E-state index contributed by atoms with van der Waals surface area (Å²) in [6, 6.07) is 0. The topological polar surface area (TPSA) is 55.6 Å². The zero-order valence-electron chi connectivity index (χ0n) is 9.72. The first-order valence-corrected chi connectivity index (χ1v) is 5.55. The van der Waals surface area contributed by atoms with Crippen LogP contribution in [0.3, 0.4) is 0 Å². The van der Waals surface area contributed by atoms with E-state index in [4.69, 9.17) is 10.5 Å². The molecule has 1 atom stereocenters. The minimum Gasteiger partial charge on any atom is -0.364 e. The molecule has 0 radical (unpaired) electrons. The Balaban J connectivity index is 2.75. The number of rotatable bonds is 4. The lowest BCUT2D eigenvalue weighted by Crippen LogP contribution is -2.50. The number of hydrogen-bond donors (Lipinski definition) is 1. The van der Waals surface area contributed by atoms with Gasteiger partial charge in [-0.15, -0.1) is 0 Å². The van der Waals surface area contributed by atoms with E-state index >= 15 is 0 Å². The first kappa shape index (κ1) is 14.2. The van der Waals surface area contributed by atoms with Gasteiger partial charge in [-0.3, -0.25) is 4.79 Å². The highest BCUT2D eigenvalue weighted by atomic mass is 19.4. The molecule has 7 heteroatoms. The van der Waals surface area contributed by atoms with E-state index in [0.717, 1.165) is 0 Å². The quantitative estimate of drug-likeness (QED) is 0.811. The summed E-state index contributed by atoms with van der Waals surface area (Å²) < 4.78 is 43.7. The van der Waals surface area contributed by atoms with Gasteiger partial charge in [0.25, 0.3) is 0 Å². The molecule has 0 aromatic carbocycles. The van der Waals surface area contributed by atoms with Gasteiger partial charge >= 0.3 is 6.18 Å². The zero-order valence-corrected chi connectivity index (χ0v) is 9.72. The van der Waals surface area contributed by atoms with Gasteiger partial charge in [-0.1, -0.05) is 0 Å². The fourth-order valence-corrected chi connectivity index (χ4v) is 1.98. The molecule has 0 bridgehead atoms. The fourth-order valence-electron chi connectivity index (χ4n) is 1.98. The van der Waals surface area contributed by atoms with Crippen molar-refractivity contribution in [2.45, 2.75) is 31.5 Å². The Hall–Kier alpha value is -0.820. The van der Waals surface area contributed by atoms with E-state index in [1.807, 2.05) is 0 Å². The van der Waals surface area contributed by atoms with Gasteiger partial charge in [-0.25, -0.2) is 0 Å². The Bertz CT molecular complexity index is 283. The number of carbonyl (C=O) groups is 1. The average Bonchev–Trinajstić information content (AvgIpc) is 2.63. The summed E-state index contributed by atoms with van der Waals surface area (Å²) in [6.07, 6.45) is -4.60. The Morgan fingerprint density at radius 2 is 2.18 bits per heavy atom. The number of nitrogens with two attached hydrogens (primary N) is 1. The second-order valence-corrected chi connectivity index (χ2v) is 4.03. The van der Waals surface area contributed by atoms with Crippen LogP contribution in [0.1, 0.15) is 19.8 Å². The minimum absolute atomic E-state index is 0.0293. The van der Waals surface area contributed by atoms with Crippen LogP contribution in [0.2, 0.25) is 0 Å². The van der Waals surface area contributed by atoms with Crippen molar-refractivity contribution in [1.29, 1.82) is 0 Å². The maximum absolute atomic E-state index is 12.9. The van der Waals surface area contributed by atoms with Gasteiger partial charge in [0, 0.05) is 32.5 Å². The Morgan fingerprint density at radius 3 is 2.65 bits per heavy atom. The first-order valence-electron chi connectivity index (χ1n) is 5.55. The van der Waals surface area contributed by atoms with E-state index < -0.39 is 18.3 Å². The highest BCUT2D eigenvalue weighted by molar-refractivity contribution is 5.76. The van der Waals surface area contributed by atoms with Crippen LogP contribution >= 0.6 is 0 Å². The predicted octanol–water partition coefficient (Wildman–Crippen LogP) is 0.905. The number of hydrogen-bond acceptors (Lipinski definition) is 3. The normalized spacial score (nSPS) is 25.4. The molecule has 1 heterocycles. The summed E-state index contributed by atoms with van der Waals surface area (Å²) in [5.41, 5.74) is 3.01. The van der Waals surface area contributed by atoms with Gasteiger partial charge in [0.2, 0.25) is 5.91 Å². The molecule has 0 aromatic heterocycles. The van der Waals surface area contributed by atoms with E-state index in [-0.39, 0.29) is 38.4 Å². The molecule has 0 saturated carbocycles. The van der Waals surface area contributed by atoms with Crippen molar-refractivity contribution in [3.05, 3.63) is 0 Å². The van der Waals surface area contributed by atoms with Crippen molar-refractivity contribution in [1.82, 2.24) is 4.90 Å². The lowest BCUT2D eigenvalue weighted by Gasteiger charge is -2.31. The summed E-state index contributed by atoms with van der Waals surface area (Å²) >= 11 is 0. The van der Waals surface area contributed by atoms with Gasteiger partial charge < -0.3 is 15.4 Å². The molecule has 1 aliphatic heterocycles. The summed E-state index contributed by atoms with van der Waals surface area (Å²) in [7, 11) is 0. The molecule has 1 amide bonds. The average molecular weight is 254 g/mol. The molecule has 0 aliphatic carbocycles. The molecule has 1 rings (SSSR count).